The maximum atomic E-state index is 12.1. The Morgan fingerprint density at radius 2 is 1.83 bits per heavy atom. The van der Waals surface area contributed by atoms with Crippen molar-refractivity contribution < 1.29 is 19.1 Å². The molecule has 0 fully saturated rings. The fourth-order valence-corrected chi connectivity index (χ4v) is 2.45. The van der Waals surface area contributed by atoms with E-state index in [-0.39, 0.29) is 24.5 Å². The second-order valence-electron chi connectivity index (χ2n) is 5.65. The molecule has 0 saturated heterocycles. The summed E-state index contributed by atoms with van der Waals surface area (Å²) in [7, 11) is 0. The quantitative estimate of drug-likeness (QED) is 0.805. The van der Waals surface area contributed by atoms with Gasteiger partial charge in [-0.05, 0) is 37.5 Å². The van der Waals surface area contributed by atoms with Crippen molar-refractivity contribution in [3.63, 3.8) is 0 Å². The lowest BCUT2D eigenvalue weighted by molar-refractivity contribution is -0.131. The van der Waals surface area contributed by atoms with Gasteiger partial charge < -0.3 is 20.1 Å². The molecular weight excluding hydrogens is 296 g/mol. The van der Waals surface area contributed by atoms with Crippen LogP contribution in [0.2, 0.25) is 0 Å². The van der Waals surface area contributed by atoms with Gasteiger partial charge in [0.1, 0.15) is 6.04 Å². The van der Waals surface area contributed by atoms with Crippen LogP contribution in [-0.2, 0) is 16.1 Å². The Morgan fingerprint density at radius 3 is 2.52 bits per heavy atom. The Morgan fingerprint density at radius 1 is 1.13 bits per heavy atom. The highest BCUT2D eigenvalue weighted by atomic mass is 16.7. The molecule has 1 atom stereocenters. The van der Waals surface area contributed by atoms with Gasteiger partial charge in [-0.25, -0.2) is 0 Å². The molecule has 6 heteroatoms. The number of hydrogen-bond acceptors (Lipinski definition) is 4. The monoisotopic (exact) mass is 320 g/mol. The molecule has 1 aromatic rings. The van der Waals surface area contributed by atoms with Crippen LogP contribution in [0.3, 0.4) is 0 Å². The van der Waals surface area contributed by atoms with Crippen molar-refractivity contribution in [2.75, 3.05) is 6.79 Å². The van der Waals surface area contributed by atoms with E-state index in [2.05, 4.69) is 10.6 Å². The van der Waals surface area contributed by atoms with Crippen molar-refractivity contribution in [2.45, 2.75) is 46.2 Å². The Labute approximate surface area is 136 Å². The molecule has 0 bridgehead atoms. The van der Waals surface area contributed by atoms with Crippen LogP contribution in [0.15, 0.2) is 18.2 Å². The second kappa shape index (κ2) is 7.85. The van der Waals surface area contributed by atoms with E-state index in [0.29, 0.717) is 18.0 Å². The van der Waals surface area contributed by atoms with Crippen molar-refractivity contribution in [3.8, 4) is 11.5 Å². The smallest absolute Gasteiger partial charge is 0.242 e. The number of rotatable bonds is 7. The van der Waals surface area contributed by atoms with Crippen LogP contribution < -0.4 is 20.1 Å². The van der Waals surface area contributed by atoms with Crippen LogP contribution in [0.1, 0.15) is 39.2 Å². The van der Waals surface area contributed by atoms with E-state index in [4.69, 9.17) is 9.47 Å². The van der Waals surface area contributed by atoms with Crippen LogP contribution in [-0.4, -0.2) is 24.6 Å². The number of amides is 2. The van der Waals surface area contributed by atoms with Crippen LogP contribution >= 0.6 is 0 Å². The maximum Gasteiger partial charge on any atom is 0.242 e. The van der Waals surface area contributed by atoms with Crippen LogP contribution in [0.5, 0.6) is 11.5 Å². The molecule has 2 amide bonds. The third-order valence-corrected chi connectivity index (χ3v) is 4.01. The van der Waals surface area contributed by atoms with Gasteiger partial charge in [-0.15, -0.1) is 0 Å². The first-order chi connectivity index (χ1) is 11.0. The van der Waals surface area contributed by atoms with E-state index in [9.17, 15) is 9.59 Å². The topological polar surface area (TPSA) is 76.7 Å². The van der Waals surface area contributed by atoms with Crippen molar-refractivity contribution >= 4 is 11.8 Å². The van der Waals surface area contributed by atoms with Gasteiger partial charge in [0, 0.05) is 12.5 Å². The van der Waals surface area contributed by atoms with Gasteiger partial charge in [0.2, 0.25) is 18.6 Å². The van der Waals surface area contributed by atoms with Crippen LogP contribution in [0.4, 0.5) is 0 Å². The minimum atomic E-state index is -0.558. The molecule has 0 spiro atoms. The summed E-state index contributed by atoms with van der Waals surface area (Å²) in [6.45, 7) is 6.23. The zero-order chi connectivity index (χ0) is 16.8. The highest BCUT2D eigenvalue weighted by Crippen LogP contribution is 2.32. The van der Waals surface area contributed by atoms with Crippen molar-refractivity contribution in [1.29, 1.82) is 0 Å². The summed E-state index contributed by atoms with van der Waals surface area (Å²) in [5.41, 5.74) is 0.918. The molecule has 23 heavy (non-hydrogen) atoms. The summed E-state index contributed by atoms with van der Waals surface area (Å²) in [4.78, 5) is 24.1. The first-order valence-corrected chi connectivity index (χ1v) is 8.01. The molecule has 126 valence electrons. The van der Waals surface area contributed by atoms with Crippen LogP contribution in [0.25, 0.3) is 0 Å². The Hall–Kier alpha value is -2.24. The largest absolute Gasteiger partial charge is 0.454 e. The Balaban J connectivity index is 1.83. The number of nitrogens with one attached hydrogen (secondary N) is 2. The zero-order valence-corrected chi connectivity index (χ0v) is 13.8. The van der Waals surface area contributed by atoms with E-state index >= 15 is 0 Å². The summed E-state index contributed by atoms with van der Waals surface area (Å²) < 4.78 is 10.6. The molecule has 0 aliphatic carbocycles. The lowest BCUT2D eigenvalue weighted by atomic mass is 10.0. The molecule has 0 saturated carbocycles. The second-order valence-corrected chi connectivity index (χ2v) is 5.65. The third-order valence-electron chi connectivity index (χ3n) is 4.01. The van der Waals surface area contributed by atoms with Gasteiger partial charge in [0.25, 0.3) is 0 Å². The summed E-state index contributed by atoms with van der Waals surface area (Å²) in [6.07, 6.45) is 1.54. The minimum absolute atomic E-state index is 0.0425. The Bertz CT molecular complexity index is 570. The molecule has 1 aromatic carbocycles. The lowest BCUT2D eigenvalue weighted by Crippen LogP contribution is -2.46. The third kappa shape index (κ3) is 4.37. The SMILES string of the molecule is CCC(CC)C(=O)N[C@@H](C)C(=O)NCc1ccc2c(c1)OCO2. The molecular formula is C17H24N2O4. The van der Waals surface area contributed by atoms with E-state index in [1.807, 2.05) is 32.0 Å². The molecule has 1 aliphatic heterocycles. The van der Waals surface area contributed by atoms with Crippen LogP contribution in [0, 0.1) is 5.92 Å². The molecule has 1 heterocycles. The maximum absolute atomic E-state index is 12.1. The predicted molar refractivity (Wildman–Crippen MR) is 86.1 cm³/mol. The van der Waals surface area contributed by atoms with Gasteiger partial charge in [0.15, 0.2) is 11.5 Å². The molecule has 6 nitrogen and oxygen atoms in total. The van der Waals surface area contributed by atoms with Crippen molar-refractivity contribution in [3.05, 3.63) is 23.8 Å². The molecule has 0 aromatic heterocycles. The van der Waals surface area contributed by atoms with Gasteiger partial charge in [-0.3, -0.25) is 9.59 Å². The first-order valence-electron chi connectivity index (χ1n) is 8.01. The minimum Gasteiger partial charge on any atom is -0.454 e. The fraction of sp³-hybridized carbons (Fsp3) is 0.529. The number of fused-ring (bicyclic) bond motifs is 1. The van der Waals surface area contributed by atoms with E-state index in [1.54, 1.807) is 6.92 Å². The first kappa shape index (κ1) is 17.1. The van der Waals surface area contributed by atoms with E-state index in [1.165, 1.54) is 0 Å². The standard InChI is InChI=1S/C17H24N2O4/c1-4-13(5-2)17(21)19-11(3)16(20)18-9-12-6-7-14-15(8-12)23-10-22-14/h6-8,11,13H,4-5,9-10H2,1-3H3,(H,18,20)(H,19,21)/t11-/m0/s1. The molecule has 2 N–H and O–H groups in total. The van der Waals surface area contributed by atoms with Gasteiger partial charge in [-0.2, -0.15) is 0 Å². The molecule has 0 radical (unpaired) electrons. The van der Waals surface area contributed by atoms with Crippen molar-refractivity contribution in [2.24, 2.45) is 5.92 Å². The van der Waals surface area contributed by atoms with Gasteiger partial charge in [-0.1, -0.05) is 19.9 Å². The van der Waals surface area contributed by atoms with Gasteiger partial charge >= 0.3 is 0 Å². The Kier molecular flexibility index (Phi) is 5.84. The number of carbonyl (C=O) groups excluding carboxylic acids is 2. The molecule has 2 rings (SSSR count). The summed E-state index contributed by atoms with van der Waals surface area (Å²) >= 11 is 0. The molecule has 1 aliphatic rings. The van der Waals surface area contributed by atoms with E-state index in [0.717, 1.165) is 18.4 Å². The number of hydrogen-bond donors (Lipinski definition) is 2. The summed E-state index contributed by atoms with van der Waals surface area (Å²) in [6, 6.07) is 4.98. The van der Waals surface area contributed by atoms with Crippen molar-refractivity contribution in [1.82, 2.24) is 10.6 Å². The molecule has 0 unspecified atom stereocenters. The zero-order valence-electron chi connectivity index (χ0n) is 13.8. The number of carbonyl (C=O) groups is 2. The number of benzene rings is 1. The average molecular weight is 320 g/mol. The number of ether oxygens (including phenoxy) is 2. The highest BCUT2D eigenvalue weighted by molar-refractivity contribution is 5.88. The summed E-state index contributed by atoms with van der Waals surface area (Å²) in [5, 5.41) is 5.58. The predicted octanol–water partition coefficient (Wildman–Crippen LogP) is 1.97. The highest BCUT2D eigenvalue weighted by Gasteiger charge is 2.20. The summed E-state index contributed by atoms with van der Waals surface area (Å²) in [5.74, 6) is 1.08. The van der Waals surface area contributed by atoms with E-state index < -0.39 is 6.04 Å². The average Bonchev–Trinajstić information content (AvgIpc) is 3.01. The normalized spacial score (nSPS) is 13.7. The lowest BCUT2D eigenvalue weighted by Gasteiger charge is -2.18. The van der Waals surface area contributed by atoms with Gasteiger partial charge in [0.05, 0.1) is 0 Å². The fourth-order valence-electron chi connectivity index (χ4n) is 2.45.